The van der Waals surface area contributed by atoms with Crippen molar-refractivity contribution < 1.29 is 0 Å². The maximum atomic E-state index is 6.28. The Kier molecular flexibility index (Phi) is 2.19. The van der Waals surface area contributed by atoms with Crippen LogP contribution in [0.15, 0.2) is 30.3 Å². The van der Waals surface area contributed by atoms with Crippen LogP contribution in [0.25, 0.3) is 22.9 Å². The van der Waals surface area contributed by atoms with Gasteiger partial charge < -0.3 is 0 Å². The predicted octanol–water partition coefficient (Wildman–Crippen LogP) is 1.62. The van der Waals surface area contributed by atoms with Crippen molar-refractivity contribution in [2.45, 2.75) is 20.3 Å². The summed E-state index contributed by atoms with van der Waals surface area (Å²) in [5.74, 6) is 0. The van der Waals surface area contributed by atoms with E-state index < -0.39 is 0 Å². The molecule has 1 heteroatoms. The third-order valence-electron chi connectivity index (χ3n) is 3.54. The van der Waals surface area contributed by atoms with E-state index in [1.807, 2.05) is 6.07 Å². The van der Waals surface area contributed by atoms with Crippen LogP contribution in [0.4, 0.5) is 0 Å². The lowest BCUT2D eigenvalue weighted by Gasteiger charge is -2.22. The summed E-state index contributed by atoms with van der Waals surface area (Å²) in [5.41, 5.74) is 1.16. The molecule has 0 heterocycles. The zero-order valence-corrected chi connectivity index (χ0v) is 10.3. The lowest BCUT2D eigenvalue weighted by atomic mass is 9.79. The number of hydrogen-bond donors (Lipinski definition) is 0. The molecule has 1 aliphatic carbocycles. The molecule has 0 atom stereocenters. The highest BCUT2D eigenvalue weighted by Crippen LogP contribution is 2.24. The van der Waals surface area contributed by atoms with Crippen LogP contribution in [-0.2, 0) is 0 Å². The number of benzene rings is 2. The molecule has 0 N–H and O–H groups in total. The zero-order chi connectivity index (χ0) is 12.0. The standard InChI is InChI=1S/C16H15B/c1-16(2)8-7-14-12(10-16)9-11-5-3-4-6-13(11)15(14)17/h3-7,9-10H,8H2,1-2H3. The van der Waals surface area contributed by atoms with Crippen molar-refractivity contribution in [3.63, 3.8) is 0 Å². The van der Waals surface area contributed by atoms with Gasteiger partial charge in [-0.1, -0.05) is 55.7 Å². The van der Waals surface area contributed by atoms with Gasteiger partial charge in [-0.15, -0.1) is 0 Å². The number of rotatable bonds is 0. The van der Waals surface area contributed by atoms with E-state index in [0.29, 0.717) is 0 Å². The average Bonchev–Trinajstić information content (AvgIpc) is 2.27. The van der Waals surface area contributed by atoms with Gasteiger partial charge in [-0.2, -0.15) is 0 Å². The second kappa shape index (κ2) is 3.50. The molecular formula is C16H15B. The van der Waals surface area contributed by atoms with Crippen molar-refractivity contribution in [1.82, 2.24) is 0 Å². The molecule has 0 unspecified atom stereocenters. The monoisotopic (exact) mass is 218 g/mol. The minimum atomic E-state index is 0.238. The number of hydrogen-bond acceptors (Lipinski definition) is 0. The van der Waals surface area contributed by atoms with Gasteiger partial charge in [0.1, 0.15) is 7.85 Å². The first-order chi connectivity index (χ1) is 8.07. The van der Waals surface area contributed by atoms with E-state index in [2.05, 4.69) is 50.3 Å². The van der Waals surface area contributed by atoms with Gasteiger partial charge in [0, 0.05) is 0 Å². The Morgan fingerprint density at radius 2 is 1.94 bits per heavy atom. The van der Waals surface area contributed by atoms with Crippen LogP contribution in [0.1, 0.15) is 20.3 Å². The molecule has 2 aromatic rings. The first-order valence-corrected chi connectivity index (χ1v) is 6.07. The molecule has 0 aromatic heterocycles. The Bertz CT molecular complexity index is 708. The van der Waals surface area contributed by atoms with E-state index in [0.717, 1.165) is 17.3 Å². The highest BCUT2D eigenvalue weighted by molar-refractivity contribution is 6.38. The maximum absolute atomic E-state index is 6.28. The Hall–Kier alpha value is -1.50. The average molecular weight is 218 g/mol. The molecule has 0 fully saturated rings. The van der Waals surface area contributed by atoms with E-state index in [1.54, 1.807) is 0 Å². The van der Waals surface area contributed by atoms with Crippen molar-refractivity contribution in [1.29, 1.82) is 0 Å². The molecular weight excluding hydrogens is 203 g/mol. The minimum absolute atomic E-state index is 0.238. The fraction of sp³-hybridized carbons (Fsp3) is 0.250. The van der Waals surface area contributed by atoms with Gasteiger partial charge in [-0.25, -0.2) is 0 Å². The normalized spacial score (nSPS) is 17.1. The van der Waals surface area contributed by atoms with Crippen molar-refractivity contribution in [2.24, 2.45) is 5.41 Å². The molecule has 0 bridgehead atoms. The highest BCUT2D eigenvalue weighted by atomic mass is 14.2. The Balaban J connectivity index is 2.49. The van der Waals surface area contributed by atoms with Crippen molar-refractivity contribution >= 4 is 36.2 Å². The van der Waals surface area contributed by atoms with Crippen LogP contribution in [0.3, 0.4) is 0 Å². The second-order valence-electron chi connectivity index (χ2n) is 5.56. The van der Waals surface area contributed by atoms with Gasteiger partial charge in [0.2, 0.25) is 0 Å². The van der Waals surface area contributed by atoms with Gasteiger partial charge in [0.25, 0.3) is 0 Å². The summed E-state index contributed by atoms with van der Waals surface area (Å²) in [6.07, 6.45) is 5.67. The number of fused-ring (bicyclic) bond motifs is 2. The third kappa shape index (κ3) is 1.70. The summed E-state index contributed by atoms with van der Waals surface area (Å²) in [6, 6.07) is 10.6. The predicted molar refractivity (Wildman–Crippen MR) is 75.9 cm³/mol. The molecule has 3 rings (SSSR count). The molecule has 2 aromatic carbocycles. The molecule has 0 aliphatic heterocycles. The van der Waals surface area contributed by atoms with E-state index in [1.165, 1.54) is 15.8 Å². The van der Waals surface area contributed by atoms with Crippen LogP contribution < -0.4 is 15.9 Å². The lowest BCUT2D eigenvalue weighted by Crippen LogP contribution is -2.42. The second-order valence-corrected chi connectivity index (χ2v) is 5.56. The Labute approximate surface area is 103 Å². The van der Waals surface area contributed by atoms with Gasteiger partial charge in [-0.3, -0.25) is 0 Å². The molecule has 0 spiro atoms. The molecule has 2 radical (unpaired) electrons. The van der Waals surface area contributed by atoms with Crippen molar-refractivity contribution in [3.05, 3.63) is 40.8 Å². The van der Waals surface area contributed by atoms with Crippen LogP contribution in [0, 0.1) is 5.41 Å². The van der Waals surface area contributed by atoms with Crippen LogP contribution in [-0.4, -0.2) is 7.85 Å². The SMILES string of the molecule is [B]c1c2c(cc3ccccc13)=CC(C)(C)CC=2. The van der Waals surface area contributed by atoms with E-state index >= 15 is 0 Å². The fourth-order valence-corrected chi connectivity index (χ4v) is 2.61. The van der Waals surface area contributed by atoms with Gasteiger partial charge >= 0.3 is 0 Å². The van der Waals surface area contributed by atoms with E-state index in [9.17, 15) is 0 Å². The Morgan fingerprint density at radius 3 is 2.76 bits per heavy atom. The molecule has 0 amide bonds. The van der Waals surface area contributed by atoms with Crippen molar-refractivity contribution in [2.75, 3.05) is 0 Å². The summed E-state index contributed by atoms with van der Waals surface area (Å²) < 4.78 is 0. The zero-order valence-electron chi connectivity index (χ0n) is 10.3. The molecule has 0 saturated carbocycles. The summed E-state index contributed by atoms with van der Waals surface area (Å²) in [5, 5.41) is 4.88. The minimum Gasteiger partial charge on any atom is -0.0816 e. The maximum Gasteiger partial charge on any atom is 0.115 e. The molecule has 0 nitrogen and oxygen atoms in total. The van der Waals surface area contributed by atoms with E-state index in [-0.39, 0.29) is 5.41 Å². The van der Waals surface area contributed by atoms with E-state index in [4.69, 9.17) is 7.85 Å². The fourth-order valence-electron chi connectivity index (χ4n) is 2.61. The summed E-state index contributed by atoms with van der Waals surface area (Å²) in [7, 11) is 6.28. The van der Waals surface area contributed by atoms with Crippen LogP contribution in [0.5, 0.6) is 0 Å². The van der Waals surface area contributed by atoms with Crippen LogP contribution >= 0.6 is 0 Å². The van der Waals surface area contributed by atoms with Gasteiger partial charge in [-0.05, 0) is 39.1 Å². The van der Waals surface area contributed by atoms with Gasteiger partial charge in [0.15, 0.2) is 0 Å². The molecule has 17 heavy (non-hydrogen) atoms. The molecule has 82 valence electrons. The molecule has 1 aliphatic rings. The topological polar surface area (TPSA) is 0 Å². The summed E-state index contributed by atoms with van der Waals surface area (Å²) >= 11 is 0. The largest absolute Gasteiger partial charge is 0.115 e. The lowest BCUT2D eigenvalue weighted by molar-refractivity contribution is 0.535. The first-order valence-electron chi connectivity index (χ1n) is 6.07. The van der Waals surface area contributed by atoms with Gasteiger partial charge in [0.05, 0.1) is 0 Å². The third-order valence-corrected chi connectivity index (χ3v) is 3.54. The van der Waals surface area contributed by atoms with Crippen molar-refractivity contribution in [3.8, 4) is 0 Å². The quantitative estimate of drug-likeness (QED) is 0.589. The highest BCUT2D eigenvalue weighted by Gasteiger charge is 2.16. The Morgan fingerprint density at radius 1 is 1.18 bits per heavy atom. The summed E-state index contributed by atoms with van der Waals surface area (Å²) in [4.78, 5) is 0. The van der Waals surface area contributed by atoms with Crippen LogP contribution in [0.2, 0.25) is 0 Å². The first kappa shape index (κ1) is 10.6. The smallest absolute Gasteiger partial charge is 0.0816 e. The molecule has 0 saturated heterocycles. The summed E-state index contributed by atoms with van der Waals surface area (Å²) in [6.45, 7) is 4.52.